The number of alkyl halides is 2. The summed E-state index contributed by atoms with van der Waals surface area (Å²) >= 11 is 0. The number of pyridine rings is 1. The molecule has 0 fully saturated rings. The van der Waals surface area contributed by atoms with Crippen molar-refractivity contribution < 1.29 is 8.78 Å². The molecule has 0 saturated carbocycles. The van der Waals surface area contributed by atoms with Crippen LogP contribution in [0, 0.1) is 0 Å². The van der Waals surface area contributed by atoms with E-state index in [1.807, 2.05) is 0 Å². The van der Waals surface area contributed by atoms with Gasteiger partial charge in [-0.3, -0.25) is 4.98 Å². The van der Waals surface area contributed by atoms with Crippen molar-refractivity contribution in [2.45, 2.75) is 6.43 Å². The zero-order chi connectivity index (χ0) is 8.55. The number of halogens is 2. The largest absolute Gasteiger partial charge is 0.352 e. The predicted octanol–water partition coefficient (Wildman–Crippen LogP) is 2.50. The molecule has 2 rings (SSSR count). The summed E-state index contributed by atoms with van der Waals surface area (Å²) in [6, 6.07) is 3.12. The minimum Gasteiger partial charge on any atom is -0.352 e. The first kappa shape index (κ1) is 7.21. The van der Waals surface area contributed by atoms with Crippen LogP contribution in [-0.4, -0.2) is 9.97 Å². The molecule has 0 spiro atoms. The molecule has 4 heteroatoms. The van der Waals surface area contributed by atoms with Crippen LogP contribution in [0.2, 0.25) is 0 Å². The molecule has 0 aliphatic rings. The Labute approximate surface area is 67.2 Å². The summed E-state index contributed by atoms with van der Waals surface area (Å²) in [6.07, 6.45) is 0.657. The fraction of sp³-hybridized carbons (Fsp3) is 0.125. The number of aromatic nitrogens is 2. The molecule has 0 bridgehead atoms. The van der Waals surface area contributed by atoms with E-state index >= 15 is 0 Å². The molecule has 0 aromatic carbocycles. The van der Waals surface area contributed by atoms with Gasteiger partial charge in [0.2, 0.25) is 0 Å². The summed E-state index contributed by atoms with van der Waals surface area (Å²) in [6.45, 7) is 0. The fourth-order valence-corrected chi connectivity index (χ4v) is 1.11. The topological polar surface area (TPSA) is 28.7 Å². The fourth-order valence-electron chi connectivity index (χ4n) is 1.11. The lowest BCUT2D eigenvalue weighted by atomic mass is 10.3. The highest BCUT2D eigenvalue weighted by molar-refractivity contribution is 5.79. The van der Waals surface area contributed by atoms with E-state index in [4.69, 9.17) is 0 Å². The number of aromatic amines is 1. The Bertz CT molecular complexity index is 362. The summed E-state index contributed by atoms with van der Waals surface area (Å²) < 4.78 is 24.3. The van der Waals surface area contributed by atoms with Crippen molar-refractivity contribution in [2.75, 3.05) is 0 Å². The second-order valence-corrected chi connectivity index (χ2v) is 2.49. The quantitative estimate of drug-likeness (QED) is 0.696. The van der Waals surface area contributed by atoms with Crippen LogP contribution in [0.4, 0.5) is 8.78 Å². The summed E-state index contributed by atoms with van der Waals surface area (Å²) in [5, 5.41) is 0.764. The van der Waals surface area contributed by atoms with Gasteiger partial charge in [0, 0.05) is 11.6 Å². The number of fused-ring (bicyclic) bond motifs is 1. The number of nitrogens with one attached hydrogen (secondary N) is 1. The average molecular weight is 168 g/mol. The van der Waals surface area contributed by atoms with Gasteiger partial charge in [0.05, 0.1) is 17.4 Å². The predicted molar refractivity (Wildman–Crippen MR) is 41.1 cm³/mol. The first-order valence-electron chi connectivity index (χ1n) is 3.48. The molecule has 2 heterocycles. The summed E-state index contributed by atoms with van der Waals surface area (Å²) in [5.74, 6) is 0. The van der Waals surface area contributed by atoms with Crippen LogP contribution < -0.4 is 0 Å². The van der Waals surface area contributed by atoms with Crippen LogP contribution in [0.5, 0.6) is 0 Å². The third-order valence-electron chi connectivity index (χ3n) is 1.68. The van der Waals surface area contributed by atoms with Crippen molar-refractivity contribution in [1.29, 1.82) is 0 Å². The molecule has 12 heavy (non-hydrogen) atoms. The van der Waals surface area contributed by atoms with E-state index in [1.165, 1.54) is 12.3 Å². The lowest BCUT2D eigenvalue weighted by Gasteiger charge is -1.89. The van der Waals surface area contributed by atoms with Crippen LogP contribution >= 0.6 is 0 Å². The van der Waals surface area contributed by atoms with Gasteiger partial charge in [0.1, 0.15) is 0 Å². The normalized spacial score (nSPS) is 11.2. The Balaban J connectivity index is 2.62. The van der Waals surface area contributed by atoms with E-state index < -0.39 is 6.43 Å². The van der Waals surface area contributed by atoms with Gasteiger partial charge in [0.15, 0.2) is 0 Å². The molecule has 0 amide bonds. The molecule has 0 aliphatic heterocycles. The van der Waals surface area contributed by atoms with Crippen molar-refractivity contribution in [3.05, 3.63) is 30.2 Å². The first-order valence-corrected chi connectivity index (χ1v) is 3.48. The molecule has 0 saturated heterocycles. The molecule has 0 radical (unpaired) electrons. The molecule has 2 aromatic heterocycles. The molecule has 2 nitrogen and oxygen atoms in total. The number of hydrogen-bond donors (Lipinski definition) is 1. The zero-order valence-corrected chi connectivity index (χ0v) is 6.09. The van der Waals surface area contributed by atoms with Gasteiger partial charge in [-0.1, -0.05) is 0 Å². The van der Waals surface area contributed by atoms with Crippen molar-refractivity contribution in [2.24, 2.45) is 0 Å². The third kappa shape index (κ3) is 1.05. The Morgan fingerprint density at radius 1 is 1.42 bits per heavy atom. The number of nitrogens with zero attached hydrogens (tertiary/aromatic N) is 1. The van der Waals surface area contributed by atoms with Crippen LogP contribution in [-0.2, 0) is 0 Å². The van der Waals surface area contributed by atoms with Crippen molar-refractivity contribution >= 4 is 10.9 Å². The molecule has 0 unspecified atom stereocenters. The van der Waals surface area contributed by atoms with Crippen molar-refractivity contribution in [3.63, 3.8) is 0 Å². The number of H-pyrrole nitrogens is 1. The van der Waals surface area contributed by atoms with Crippen LogP contribution in [0.25, 0.3) is 10.9 Å². The van der Waals surface area contributed by atoms with E-state index in [9.17, 15) is 8.78 Å². The molecular formula is C8H6F2N2. The molecule has 62 valence electrons. The molecule has 0 atom stereocenters. The minimum absolute atomic E-state index is 0.0574. The monoisotopic (exact) mass is 168 g/mol. The highest BCUT2D eigenvalue weighted by Crippen LogP contribution is 2.22. The van der Waals surface area contributed by atoms with Crippen LogP contribution in [0.1, 0.15) is 12.1 Å². The second kappa shape index (κ2) is 2.55. The summed E-state index contributed by atoms with van der Waals surface area (Å²) in [7, 11) is 0. The number of hydrogen-bond acceptors (Lipinski definition) is 1. The average Bonchev–Trinajstić information content (AvgIpc) is 2.46. The van der Waals surface area contributed by atoms with Gasteiger partial charge in [-0.25, -0.2) is 8.78 Å². The number of rotatable bonds is 1. The van der Waals surface area contributed by atoms with Crippen molar-refractivity contribution in [1.82, 2.24) is 9.97 Å². The summed E-state index contributed by atoms with van der Waals surface area (Å²) in [5.41, 5.74) is 0.589. The Kier molecular flexibility index (Phi) is 1.53. The second-order valence-electron chi connectivity index (χ2n) is 2.49. The van der Waals surface area contributed by atoms with Gasteiger partial charge in [0.25, 0.3) is 6.43 Å². The van der Waals surface area contributed by atoms with Gasteiger partial charge in [-0.15, -0.1) is 0 Å². The minimum atomic E-state index is -2.45. The smallest absolute Gasteiger partial charge is 0.278 e. The van der Waals surface area contributed by atoms with Crippen molar-refractivity contribution in [3.8, 4) is 0 Å². The Morgan fingerprint density at radius 2 is 2.25 bits per heavy atom. The molecule has 0 aliphatic carbocycles. The highest BCUT2D eigenvalue weighted by atomic mass is 19.3. The van der Waals surface area contributed by atoms with Crippen LogP contribution in [0.3, 0.4) is 0 Å². The van der Waals surface area contributed by atoms with E-state index in [2.05, 4.69) is 9.97 Å². The third-order valence-corrected chi connectivity index (χ3v) is 1.68. The molecule has 2 aromatic rings. The van der Waals surface area contributed by atoms with Gasteiger partial charge < -0.3 is 4.98 Å². The molecule has 1 N–H and O–H groups in total. The first-order chi connectivity index (χ1) is 5.77. The van der Waals surface area contributed by atoms with Crippen LogP contribution in [0.15, 0.2) is 24.5 Å². The maximum atomic E-state index is 12.2. The highest BCUT2D eigenvalue weighted by Gasteiger charge is 2.09. The van der Waals surface area contributed by atoms with E-state index in [0.717, 1.165) is 5.39 Å². The van der Waals surface area contributed by atoms with Gasteiger partial charge >= 0.3 is 0 Å². The zero-order valence-electron chi connectivity index (χ0n) is 6.09. The maximum absolute atomic E-state index is 12.2. The van der Waals surface area contributed by atoms with Gasteiger partial charge in [-0.2, -0.15) is 0 Å². The lowest BCUT2D eigenvalue weighted by molar-refractivity contribution is 0.147. The van der Waals surface area contributed by atoms with Gasteiger partial charge in [-0.05, 0) is 12.1 Å². The Morgan fingerprint density at radius 3 is 2.92 bits per heavy atom. The Hall–Kier alpha value is -1.45. The van der Waals surface area contributed by atoms with E-state index in [1.54, 1.807) is 12.3 Å². The van der Waals surface area contributed by atoms with E-state index in [-0.39, 0.29) is 5.69 Å². The standard InChI is InChI=1S/C8H6F2N2/c9-8(10)6-3-5-1-2-11-4-7(5)12-6/h1-4,8,12H. The SMILES string of the molecule is FC(F)c1cc2ccncc2[nH]1. The summed E-state index contributed by atoms with van der Waals surface area (Å²) in [4.78, 5) is 6.39. The maximum Gasteiger partial charge on any atom is 0.278 e. The molecular weight excluding hydrogens is 162 g/mol. The van der Waals surface area contributed by atoms with E-state index in [0.29, 0.717) is 5.52 Å². The lowest BCUT2D eigenvalue weighted by Crippen LogP contribution is -1.80.